The zero-order chi connectivity index (χ0) is 20.4. The fraction of sp³-hybridized carbons (Fsp3) is 0.300. The fourth-order valence-corrected chi connectivity index (χ4v) is 5.12. The highest BCUT2D eigenvalue weighted by Gasteiger charge is 2.31. The SMILES string of the molecule is COc1cccc(-c2nc(C3CCN(S(=O)(=O)c4ccc(Br)cc4)CC3)no2)c1. The van der Waals surface area contributed by atoms with Crippen LogP contribution < -0.4 is 4.74 Å². The van der Waals surface area contributed by atoms with Gasteiger partial charge in [-0.25, -0.2) is 8.42 Å². The average Bonchev–Trinajstić information content (AvgIpc) is 3.24. The summed E-state index contributed by atoms with van der Waals surface area (Å²) in [4.78, 5) is 4.83. The van der Waals surface area contributed by atoms with Crippen LogP contribution in [0.3, 0.4) is 0 Å². The molecule has 0 amide bonds. The van der Waals surface area contributed by atoms with Crippen molar-refractivity contribution in [3.8, 4) is 17.2 Å². The molecule has 152 valence electrons. The van der Waals surface area contributed by atoms with Crippen LogP contribution in [0.2, 0.25) is 0 Å². The number of piperidine rings is 1. The Morgan fingerprint density at radius 3 is 2.55 bits per heavy atom. The lowest BCUT2D eigenvalue weighted by Crippen LogP contribution is -2.38. The van der Waals surface area contributed by atoms with Gasteiger partial charge < -0.3 is 9.26 Å². The Balaban J connectivity index is 1.45. The molecular formula is C20H20BrN3O4S. The molecule has 9 heteroatoms. The molecule has 0 atom stereocenters. The van der Waals surface area contributed by atoms with Crippen LogP contribution in [-0.4, -0.2) is 43.1 Å². The molecule has 7 nitrogen and oxygen atoms in total. The minimum Gasteiger partial charge on any atom is -0.497 e. The predicted molar refractivity (Wildman–Crippen MR) is 111 cm³/mol. The number of benzene rings is 2. The molecule has 2 aromatic carbocycles. The van der Waals surface area contributed by atoms with E-state index in [4.69, 9.17) is 9.26 Å². The van der Waals surface area contributed by atoms with Crippen LogP contribution in [0.15, 0.2) is 62.4 Å². The number of halogens is 1. The van der Waals surface area contributed by atoms with Gasteiger partial charge in [-0.1, -0.05) is 27.2 Å². The van der Waals surface area contributed by atoms with Gasteiger partial charge in [-0.3, -0.25) is 0 Å². The largest absolute Gasteiger partial charge is 0.497 e. The van der Waals surface area contributed by atoms with Crippen molar-refractivity contribution in [2.75, 3.05) is 20.2 Å². The van der Waals surface area contributed by atoms with Gasteiger partial charge in [0.25, 0.3) is 5.89 Å². The summed E-state index contributed by atoms with van der Waals surface area (Å²) in [5, 5.41) is 4.13. The molecule has 1 aromatic heterocycles. The van der Waals surface area contributed by atoms with E-state index >= 15 is 0 Å². The Labute approximate surface area is 177 Å². The smallest absolute Gasteiger partial charge is 0.258 e. The van der Waals surface area contributed by atoms with Gasteiger partial charge in [-0.05, 0) is 55.3 Å². The van der Waals surface area contributed by atoms with Crippen LogP contribution in [0.4, 0.5) is 0 Å². The van der Waals surface area contributed by atoms with Gasteiger partial charge in [0.2, 0.25) is 10.0 Å². The van der Waals surface area contributed by atoms with E-state index < -0.39 is 10.0 Å². The van der Waals surface area contributed by atoms with Crippen molar-refractivity contribution in [3.05, 3.63) is 58.8 Å². The van der Waals surface area contributed by atoms with E-state index in [0.717, 1.165) is 10.0 Å². The second-order valence-electron chi connectivity index (χ2n) is 6.82. The summed E-state index contributed by atoms with van der Waals surface area (Å²) in [5.74, 6) is 1.83. The highest BCUT2D eigenvalue weighted by molar-refractivity contribution is 9.10. The maximum absolute atomic E-state index is 12.8. The Bertz CT molecular complexity index is 1090. The minimum absolute atomic E-state index is 0.0643. The van der Waals surface area contributed by atoms with Crippen molar-refractivity contribution < 1.29 is 17.7 Å². The quantitative estimate of drug-likeness (QED) is 0.550. The molecule has 0 unspecified atom stereocenters. The standard InChI is InChI=1S/C20H20BrN3O4S/c1-27-17-4-2-3-15(13-17)20-22-19(23-28-20)14-9-11-24(12-10-14)29(25,26)18-7-5-16(21)6-8-18/h2-8,13-14H,9-12H2,1H3. The third kappa shape index (κ3) is 4.22. The number of sulfonamides is 1. The van der Waals surface area contributed by atoms with E-state index in [2.05, 4.69) is 26.1 Å². The highest BCUT2D eigenvalue weighted by Crippen LogP contribution is 2.31. The van der Waals surface area contributed by atoms with E-state index in [1.807, 2.05) is 24.3 Å². The van der Waals surface area contributed by atoms with Crippen molar-refractivity contribution in [1.82, 2.24) is 14.4 Å². The molecule has 29 heavy (non-hydrogen) atoms. The van der Waals surface area contributed by atoms with Gasteiger partial charge in [-0.15, -0.1) is 0 Å². The van der Waals surface area contributed by atoms with Crippen LogP contribution in [0.1, 0.15) is 24.6 Å². The zero-order valence-corrected chi connectivity index (χ0v) is 18.2. The first-order chi connectivity index (χ1) is 14.0. The van der Waals surface area contributed by atoms with Gasteiger partial charge in [0.1, 0.15) is 5.75 Å². The summed E-state index contributed by atoms with van der Waals surface area (Å²) < 4.78 is 38.7. The lowest BCUT2D eigenvalue weighted by atomic mass is 9.97. The Kier molecular flexibility index (Phi) is 5.71. The summed E-state index contributed by atoms with van der Waals surface area (Å²) in [6, 6.07) is 14.1. The zero-order valence-electron chi connectivity index (χ0n) is 15.8. The number of aromatic nitrogens is 2. The lowest BCUT2D eigenvalue weighted by molar-refractivity contribution is 0.307. The monoisotopic (exact) mass is 477 g/mol. The normalized spacial score (nSPS) is 16.1. The van der Waals surface area contributed by atoms with Crippen molar-refractivity contribution >= 4 is 26.0 Å². The van der Waals surface area contributed by atoms with Gasteiger partial charge in [0.05, 0.1) is 12.0 Å². The summed E-state index contributed by atoms with van der Waals surface area (Å²) in [5.41, 5.74) is 0.790. The number of hydrogen-bond acceptors (Lipinski definition) is 6. The van der Waals surface area contributed by atoms with Crippen molar-refractivity contribution in [3.63, 3.8) is 0 Å². The van der Waals surface area contributed by atoms with E-state index in [-0.39, 0.29) is 5.92 Å². The van der Waals surface area contributed by atoms with Crippen LogP contribution in [0, 0.1) is 0 Å². The molecule has 2 heterocycles. The van der Waals surface area contributed by atoms with Gasteiger partial charge in [-0.2, -0.15) is 9.29 Å². The van der Waals surface area contributed by atoms with Crippen molar-refractivity contribution in [2.24, 2.45) is 0 Å². The third-order valence-electron chi connectivity index (χ3n) is 5.03. The van der Waals surface area contributed by atoms with Crippen LogP contribution in [-0.2, 0) is 10.0 Å². The number of methoxy groups -OCH3 is 1. The first kappa shape index (κ1) is 20.1. The topological polar surface area (TPSA) is 85.5 Å². The number of ether oxygens (including phenoxy) is 1. The molecule has 4 rings (SSSR count). The molecule has 0 saturated carbocycles. The number of nitrogens with zero attached hydrogens (tertiary/aromatic N) is 3. The molecule has 0 aliphatic carbocycles. The van der Waals surface area contributed by atoms with Crippen LogP contribution in [0.25, 0.3) is 11.5 Å². The van der Waals surface area contributed by atoms with Gasteiger partial charge in [0, 0.05) is 29.0 Å². The number of rotatable bonds is 5. The molecule has 1 fully saturated rings. The van der Waals surface area contributed by atoms with Crippen LogP contribution >= 0.6 is 15.9 Å². The lowest BCUT2D eigenvalue weighted by Gasteiger charge is -2.29. The van der Waals surface area contributed by atoms with Crippen LogP contribution in [0.5, 0.6) is 5.75 Å². The molecule has 0 spiro atoms. The van der Waals surface area contributed by atoms with Crippen molar-refractivity contribution in [2.45, 2.75) is 23.7 Å². The second kappa shape index (κ2) is 8.25. The first-order valence-corrected chi connectivity index (χ1v) is 11.4. The first-order valence-electron chi connectivity index (χ1n) is 9.21. The average molecular weight is 478 g/mol. The molecule has 1 saturated heterocycles. The Morgan fingerprint density at radius 1 is 1.14 bits per heavy atom. The molecular weight excluding hydrogens is 458 g/mol. The third-order valence-corrected chi connectivity index (χ3v) is 7.47. The Morgan fingerprint density at radius 2 is 1.86 bits per heavy atom. The van der Waals surface area contributed by atoms with E-state index in [9.17, 15) is 8.42 Å². The molecule has 0 N–H and O–H groups in total. The van der Waals surface area contributed by atoms with Gasteiger partial charge in [0.15, 0.2) is 5.82 Å². The Hall–Kier alpha value is -2.23. The van der Waals surface area contributed by atoms with Gasteiger partial charge >= 0.3 is 0 Å². The summed E-state index contributed by atoms with van der Waals surface area (Å²) in [6.45, 7) is 0.845. The second-order valence-corrected chi connectivity index (χ2v) is 9.68. The van der Waals surface area contributed by atoms with E-state index in [1.165, 1.54) is 4.31 Å². The molecule has 1 aliphatic rings. The molecule has 3 aromatic rings. The maximum atomic E-state index is 12.8. The predicted octanol–water partition coefficient (Wildman–Crippen LogP) is 4.08. The highest BCUT2D eigenvalue weighted by atomic mass is 79.9. The minimum atomic E-state index is -3.50. The van der Waals surface area contributed by atoms with Crippen molar-refractivity contribution in [1.29, 1.82) is 0 Å². The van der Waals surface area contributed by atoms with E-state index in [0.29, 0.717) is 48.3 Å². The maximum Gasteiger partial charge on any atom is 0.258 e. The van der Waals surface area contributed by atoms with E-state index in [1.54, 1.807) is 31.4 Å². The summed E-state index contributed by atoms with van der Waals surface area (Å²) in [6.07, 6.45) is 1.29. The summed E-state index contributed by atoms with van der Waals surface area (Å²) in [7, 11) is -1.89. The molecule has 0 radical (unpaired) electrons. The fourth-order valence-electron chi connectivity index (χ4n) is 3.38. The number of hydrogen-bond donors (Lipinski definition) is 0. The molecule has 1 aliphatic heterocycles. The summed E-state index contributed by atoms with van der Waals surface area (Å²) >= 11 is 3.33. The molecule has 0 bridgehead atoms.